The predicted molar refractivity (Wildman–Crippen MR) is 109 cm³/mol. The summed E-state index contributed by atoms with van der Waals surface area (Å²) >= 11 is 5.93. The van der Waals surface area contributed by atoms with E-state index in [0.29, 0.717) is 29.7 Å². The van der Waals surface area contributed by atoms with Crippen molar-refractivity contribution in [2.75, 3.05) is 27.3 Å². The lowest BCUT2D eigenvalue weighted by Crippen LogP contribution is -2.35. The van der Waals surface area contributed by atoms with E-state index < -0.39 is 6.04 Å². The highest BCUT2D eigenvalue weighted by Crippen LogP contribution is 2.21. The van der Waals surface area contributed by atoms with E-state index in [1.807, 2.05) is 18.2 Å². The average Bonchev–Trinajstić information content (AvgIpc) is 2.67. The van der Waals surface area contributed by atoms with Crippen LogP contribution in [0, 0.1) is 0 Å². The third kappa shape index (κ3) is 6.78. The predicted octanol–water partition coefficient (Wildman–Crippen LogP) is 3.45. The molecule has 0 aliphatic heterocycles. The zero-order valence-corrected chi connectivity index (χ0v) is 17.0. The van der Waals surface area contributed by atoms with Crippen molar-refractivity contribution in [3.8, 4) is 11.5 Å². The van der Waals surface area contributed by atoms with E-state index in [1.165, 1.54) is 6.92 Å². The topological polar surface area (TPSA) is 67.9 Å². The lowest BCUT2D eigenvalue weighted by Gasteiger charge is -2.23. The van der Waals surface area contributed by atoms with Gasteiger partial charge in [-0.3, -0.25) is 9.59 Å². The van der Waals surface area contributed by atoms with E-state index >= 15 is 0 Å². The number of carbonyl (C=O) groups is 2. The summed E-state index contributed by atoms with van der Waals surface area (Å²) in [6.07, 6.45) is 0.152. The molecule has 2 amide bonds. The summed E-state index contributed by atoms with van der Waals surface area (Å²) in [7, 11) is 3.30. The maximum atomic E-state index is 12.6. The van der Waals surface area contributed by atoms with Gasteiger partial charge in [0.25, 0.3) is 0 Å². The van der Waals surface area contributed by atoms with Crippen molar-refractivity contribution in [1.82, 2.24) is 10.2 Å². The number of nitrogens with one attached hydrogen (secondary N) is 1. The van der Waals surface area contributed by atoms with E-state index in [1.54, 1.807) is 49.4 Å². The molecule has 1 atom stereocenters. The fraction of sp³-hybridized carbons (Fsp3) is 0.333. The van der Waals surface area contributed by atoms with Gasteiger partial charge in [-0.2, -0.15) is 0 Å². The SMILES string of the molecule is COc1ccc(C(CC(=O)N(C)CCOc2cccc(Cl)c2)NC(C)=O)cc1. The molecule has 0 fully saturated rings. The number of hydrogen-bond donors (Lipinski definition) is 1. The van der Waals surface area contributed by atoms with Gasteiger partial charge in [-0.25, -0.2) is 0 Å². The van der Waals surface area contributed by atoms with E-state index in [9.17, 15) is 9.59 Å². The first-order valence-corrected chi connectivity index (χ1v) is 9.30. The maximum absolute atomic E-state index is 12.6. The molecule has 0 spiro atoms. The van der Waals surface area contributed by atoms with Crippen LogP contribution in [0.25, 0.3) is 0 Å². The molecular formula is C21H25ClN2O4. The van der Waals surface area contributed by atoms with E-state index in [2.05, 4.69) is 5.32 Å². The molecule has 28 heavy (non-hydrogen) atoms. The number of benzene rings is 2. The van der Waals surface area contributed by atoms with Crippen molar-refractivity contribution in [2.24, 2.45) is 0 Å². The van der Waals surface area contributed by atoms with E-state index in [-0.39, 0.29) is 18.2 Å². The second-order valence-corrected chi connectivity index (χ2v) is 6.79. The molecule has 0 heterocycles. The van der Waals surface area contributed by atoms with Crippen LogP contribution in [0.3, 0.4) is 0 Å². The molecule has 0 bridgehead atoms. The van der Waals surface area contributed by atoms with Gasteiger partial charge in [0.1, 0.15) is 18.1 Å². The summed E-state index contributed by atoms with van der Waals surface area (Å²) in [5.74, 6) is 1.08. The molecule has 1 unspecified atom stereocenters. The smallest absolute Gasteiger partial charge is 0.224 e. The van der Waals surface area contributed by atoms with Crippen LogP contribution in [0.15, 0.2) is 48.5 Å². The van der Waals surface area contributed by atoms with Crippen molar-refractivity contribution in [2.45, 2.75) is 19.4 Å². The number of nitrogens with zero attached hydrogens (tertiary/aromatic N) is 1. The Bertz CT molecular complexity index is 795. The van der Waals surface area contributed by atoms with Gasteiger partial charge in [-0.15, -0.1) is 0 Å². The Kier molecular flexibility index (Phi) is 8.14. The highest BCUT2D eigenvalue weighted by molar-refractivity contribution is 6.30. The largest absolute Gasteiger partial charge is 0.497 e. The van der Waals surface area contributed by atoms with Gasteiger partial charge < -0.3 is 19.7 Å². The Labute approximate surface area is 170 Å². The molecule has 2 aromatic carbocycles. The van der Waals surface area contributed by atoms with Gasteiger partial charge >= 0.3 is 0 Å². The minimum atomic E-state index is -0.410. The summed E-state index contributed by atoms with van der Waals surface area (Å²) in [6, 6.07) is 14.0. The quantitative estimate of drug-likeness (QED) is 0.695. The summed E-state index contributed by atoms with van der Waals surface area (Å²) < 4.78 is 10.8. The minimum Gasteiger partial charge on any atom is -0.497 e. The maximum Gasteiger partial charge on any atom is 0.224 e. The van der Waals surface area contributed by atoms with Gasteiger partial charge in [0, 0.05) is 19.0 Å². The number of halogens is 1. The van der Waals surface area contributed by atoms with Crippen molar-refractivity contribution >= 4 is 23.4 Å². The van der Waals surface area contributed by atoms with Crippen LogP contribution in [-0.2, 0) is 9.59 Å². The Morgan fingerprint density at radius 1 is 1.14 bits per heavy atom. The lowest BCUT2D eigenvalue weighted by molar-refractivity contribution is -0.131. The number of rotatable bonds is 9. The summed E-state index contributed by atoms with van der Waals surface area (Å²) in [6.45, 7) is 2.19. The zero-order valence-electron chi connectivity index (χ0n) is 16.3. The van der Waals surface area contributed by atoms with Crippen LogP contribution >= 0.6 is 11.6 Å². The minimum absolute atomic E-state index is 0.0933. The van der Waals surface area contributed by atoms with Crippen LogP contribution in [0.5, 0.6) is 11.5 Å². The molecule has 6 nitrogen and oxygen atoms in total. The van der Waals surface area contributed by atoms with Gasteiger partial charge in [0.2, 0.25) is 11.8 Å². The first-order valence-electron chi connectivity index (χ1n) is 8.92. The Balaban J connectivity index is 1.92. The van der Waals surface area contributed by atoms with E-state index in [0.717, 1.165) is 5.56 Å². The van der Waals surface area contributed by atoms with Gasteiger partial charge in [0.05, 0.1) is 26.1 Å². The second kappa shape index (κ2) is 10.6. The number of hydrogen-bond acceptors (Lipinski definition) is 4. The van der Waals surface area contributed by atoms with Crippen LogP contribution in [-0.4, -0.2) is 44.0 Å². The fourth-order valence-electron chi connectivity index (χ4n) is 2.65. The molecule has 0 radical (unpaired) electrons. The molecule has 0 aliphatic carbocycles. The van der Waals surface area contributed by atoms with Crippen LogP contribution in [0.2, 0.25) is 5.02 Å². The number of likely N-dealkylation sites (N-methyl/N-ethyl adjacent to an activating group) is 1. The van der Waals surface area contributed by atoms with Crippen LogP contribution < -0.4 is 14.8 Å². The first-order chi connectivity index (χ1) is 13.4. The molecule has 150 valence electrons. The standard InChI is InChI=1S/C21H25ClN2O4/c1-15(25)23-20(16-7-9-18(27-3)10-8-16)14-21(26)24(2)11-12-28-19-6-4-5-17(22)13-19/h4-10,13,20H,11-12,14H2,1-3H3,(H,23,25). The molecular weight excluding hydrogens is 380 g/mol. The van der Waals surface area contributed by atoms with Gasteiger partial charge in [-0.1, -0.05) is 29.8 Å². The van der Waals surface area contributed by atoms with E-state index in [4.69, 9.17) is 21.1 Å². The van der Waals surface area contributed by atoms with Crippen LogP contribution in [0.4, 0.5) is 0 Å². The Hall–Kier alpha value is -2.73. The highest BCUT2D eigenvalue weighted by Gasteiger charge is 2.19. The fourth-order valence-corrected chi connectivity index (χ4v) is 2.83. The molecule has 7 heteroatoms. The summed E-state index contributed by atoms with van der Waals surface area (Å²) in [4.78, 5) is 25.8. The Morgan fingerprint density at radius 3 is 2.46 bits per heavy atom. The normalized spacial score (nSPS) is 11.4. The summed E-state index contributed by atoms with van der Waals surface area (Å²) in [5, 5.41) is 3.43. The van der Waals surface area contributed by atoms with Gasteiger partial charge in [0.15, 0.2) is 0 Å². The third-order valence-electron chi connectivity index (χ3n) is 4.19. The van der Waals surface area contributed by atoms with Crippen molar-refractivity contribution in [3.05, 3.63) is 59.1 Å². The van der Waals surface area contributed by atoms with Crippen molar-refractivity contribution in [3.63, 3.8) is 0 Å². The monoisotopic (exact) mass is 404 g/mol. The van der Waals surface area contributed by atoms with Crippen LogP contribution in [0.1, 0.15) is 24.9 Å². The Morgan fingerprint density at radius 2 is 1.86 bits per heavy atom. The molecule has 0 aromatic heterocycles. The second-order valence-electron chi connectivity index (χ2n) is 6.35. The number of amides is 2. The van der Waals surface area contributed by atoms with Crippen molar-refractivity contribution < 1.29 is 19.1 Å². The van der Waals surface area contributed by atoms with Gasteiger partial charge in [-0.05, 0) is 35.9 Å². The number of carbonyl (C=O) groups excluding carboxylic acids is 2. The summed E-state index contributed by atoms with van der Waals surface area (Å²) in [5.41, 5.74) is 0.841. The molecule has 0 saturated carbocycles. The van der Waals surface area contributed by atoms with Crippen molar-refractivity contribution in [1.29, 1.82) is 0 Å². The molecule has 0 aliphatic rings. The highest BCUT2D eigenvalue weighted by atomic mass is 35.5. The average molecular weight is 405 g/mol. The number of ether oxygens (including phenoxy) is 2. The molecule has 2 rings (SSSR count). The third-order valence-corrected chi connectivity index (χ3v) is 4.43. The molecule has 0 saturated heterocycles. The molecule has 2 aromatic rings. The number of methoxy groups -OCH3 is 1. The lowest BCUT2D eigenvalue weighted by atomic mass is 10.0. The zero-order chi connectivity index (χ0) is 20.5. The first kappa shape index (κ1) is 21.6. The molecule has 1 N–H and O–H groups in total.